The number of aromatic nitrogens is 3. The molecular formula is C25H18FN5O3. The number of ether oxygens (including phenoxy) is 3. The minimum atomic E-state index is -0.630. The number of hydrogen-bond donors (Lipinski definition) is 2. The van der Waals surface area contributed by atoms with E-state index in [0.29, 0.717) is 39.5 Å². The van der Waals surface area contributed by atoms with Gasteiger partial charge in [-0.1, -0.05) is 12.1 Å². The van der Waals surface area contributed by atoms with E-state index in [1.165, 1.54) is 25.6 Å². The minimum Gasteiger partial charge on any atom is -0.478 e. The van der Waals surface area contributed by atoms with Gasteiger partial charge in [0, 0.05) is 52.5 Å². The molecule has 3 aromatic heterocycles. The summed E-state index contributed by atoms with van der Waals surface area (Å²) < 4.78 is 30.7. The number of nitrogens with one attached hydrogen (secondary N) is 1. The van der Waals surface area contributed by atoms with Crippen molar-refractivity contribution < 1.29 is 18.6 Å². The molecule has 3 N–H and O–H groups in total. The van der Waals surface area contributed by atoms with Crippen LogP contribution in [0.4, 0.5) is 4.39 Å². The first-order valence-electron chi connectivity index (χ1n) is 10.2. The van der Waals surface area contributed by atoms with E-state index >= 15 is 0 Å². The summed E-state index contributed by atoms with van der Waals surface area (Å²) in [5.74, 6) is 0.483. The molecule has 8 nitrogen and oxygen atoms in total. The van der Waals surface area contributed by atoms with E-state index in [1.54, 1.807) is 24.5 Å². The van der Waals surface area contributed by atoms with Gasteiger partial charge in [0.15, 0.2) is 5.75 Å². The predicted molar refractivity (Wildman–Crippen MR) is 124 cm³/mol. The molecule has 0 saturated carbocycles. The number of pyridine rings is 3. The van der Waals surface area contributed by atoms with Crippen LogP contribution in [-0.2, 0) is 4.74 Å². The average Bonchev–Trinajstić information content (AvgIpc) is 2.86. The maximum Gasteiger partial charge on any atom is 0.284 e. The van der Waals surface area contributed by atoms with Crippen molar-refractivity contribution in [2.24, 2.45) is 5.73 Å². The number of fused-ring (bicyclic) bond motifs is 2. The standard InChI is InChI=1S/C25H18FN5O3/c1-32-24-23-18(11-20(31-24)15-6-8-30-22(26)10-15)19(13-33-25(27)28)17-9-14(4-5-21(17)34-23)16-3-2-7-29-12-16/h2-13H,1H3,(H3,27,28). The van der Waals surface area contributed by atoms with Crippen LogP contribution in [0.5, 0.6) is 17.4 Å². The number of nitrogens with zero attached hydrogens (tertiary/aromatic N) is 3. The van der Waals surface area contributed by atoms with Gasteiger partial charge in [-0.25, -0.2) is 9.97 Å². The second-order valence-electron chi connectivity index (χ2n) is 7.33. The summed E-state index contributed by atoms with van der Waals surface area (Å²) in [6.07, 6.45) is 6.21. The molecular weight excluding hydrogens is 437 g/mol. The molecule has 34 heavy (non-hydrogen) atoms. The van der Waals surface area contributed by atoms with Gasteiger partial charge in [-0.05, 0) is 35.9 Å². The molecule has 5 rings (SSSR count). The quantitative estimate of drug-likeness (QED) is 0.174. The van der Waals surface area contributed by atoms with Crippen LogP contribution in [0.2, 0.25) is 0 Å². The van der Waals surface area contributed by atoms with Crippen molar-refractivity contribution in [3.05, 3.63) is 90.5 Å². The number of nitrogens with two attached hydrogens (primary N) is 1. The van der Waals surface area contributed by atoms with Crippen molar-refractivity contribution in [2.75, 3.05) is 7.11 Å². The minimum absolute atomic E-state index is 0.209. The van der Waals surface area contributed by atoms with Gasteiger partial charge in [-0.2, -0.15) is 4.39 Å². The van der Waals surface area contributed by atoms with Crippen molar-refractivity contribution in [1.29, 1.82) is 5.41 Å². The van der Waals surface area contributed by atoms with E-state index in [4.69, 9.17) is 25.4 Å². The van der Waals surface area contributed by atoms with E-state index in [-0.39, 0.29) is 5.88 Å². The third-order valence-corrected chi connectivity index (χ3v) is 5.23. The number of rotatable bonds is 4. The largest absolute Gasteiger partial charge is 0.478 e. The summed E-state index contributed by atoms with van der Waals surface area (Å²) in [6, 6.07) is 13.7. The molecule has 0 fully saturated rings. The van der Waals surface area contributed by atoms with Crippen molar-refractivity contribution in [3.8, 4) is 39.8 Å². The Labute approximate surface area is 194 Å². The Morgan fingerprint density at radius 2 is 1.94 bits per heavy atom. The zero-order valence-electron chi connectivity index (χ0n) is 17.9. The summed E-state index contributed by atoms with van der Waals surface area (Å²) in [4.78, 5) is 12.3. The summed E-state index contributed by atoms with van der Waals surface area (Å²) in [5.41, 5.74) is 10.1. The molecule has 168 valence electrons. The van der Waals surface area contributed by atoms with E-state index in [9.17, 15) is 4.39 Å². The summed E-state index contributed by atoms with van der Waals surface area (Å²) in [6.45, 7) is 0. The molecule has 4 aromatic rings. The molecule has 1 aliphatic rings. The van der Waals surface area contributed by atoms with Crippen LogP contribution in [-0.4, -0.2) is 28.1 Å². The third-order valence-electron chi connectivity index (χ3n) is 5.23. The van der Waals surface area contributed by atoms with Crippen molar-refractivity contribution >= 4 is 11.6 Å². The zero-order valence-corrected chi connectivity index (χ0v) is 17.9. The van der Waals surface area contributed by atoms with Crippen LogP contribution >= 0.6 is 0 Å². The monoisotopic (exact) mass is 455 g/mol. The molecule has 0 saturated heterocycles. The van der Waals surface area contributed by atoms with Crippen LogP contribution in [0.15, 0.2) is 73.4 Å². The Bertz CT molecular complexity index is 1440. The van der Waals surface area contributed by atoms with Gasteiger partial charge in [-0.15, -0.1) is 0 Å². The first-order chi connectivity index (χ1) is 16.5. The molecule has 1 aliphatic heterocycles. The lowest BCUT2D eigenvalue weighted by molar-refractivity contribution is 0.361. The normalized spacial score (nSPS) is 12.9. The van der Waals surface area contributed by atoms with E-state index in [1.807, 2.05) is 30.3 Å². The molecule has 0 amide bonds. The maximum atomic E-state index is 13.8. The molecule has 0 bridgehead atoms. The highest BCUT2D eigenvalue weighted by Crippen LogP contribution is 2.49. The maximum absolute atomic E-state index is 13.8. The number of amidine groups is 1. The molecule has 0 aliphatic carbocycles. The van der Waals surface area contributed by atoms with Gasteiger partial charge in [0.1, 0.15) is 12.0 Å². The van der Waals surface area contributed by atoms with Crippen molar-refractivity contribution in [2.45, 2.75) is 0 Å². The summed E-state index contributed by atoms with van der Waals surface area (Å²) in [5, 5.41) is 7.52. The van der Waals surface area contributed by atoms with Gasteiger partial charge in [0.2, 0.25) is 5.95 Å². The smallest absolute Gasteiger partial charge is 0.284 e. The number of hydrogen-bond acceptors (Lipinski definition) is 7. The lowest BCUT2D eigenvalue weighted by atomic mass is 9.92. The van der Waals surface area contributed by atoms with Gasteiger partial charge >= 0.3 is 0 Å². The molecule has 0 unspecified atom stereocenters. The highest BCUT2D eigenvalue weighted by Gasteiger charge is 2.28. The lowest BCUT2D eigenvalue weighted by Crippen LogP contribution is -2.12. The molecule has 1 aromatic carbocycles. The van der Waals surface area contributed by atoms with E-state index in [2.05, 4.69) is 15.0 Å². The number of halogens is 1. The number of methoxy groups -OCH3 is 1. The van der Waals surface area contributed by atoms with Crippen LogP contribution in [0.3, 0.4) is 0 Å². The molecule has 9 heteroatoms. The SMILES string of the molecule is COc1nc(-c2ccnc(F)c2)cc2c1Oc1ccc(-c3cccnc3)cc1C2=COC(=N)N. The highest BCUT2D eigenvalue weighted by atomic mass is 19.1. The van der Waals surface area contributed by atoms with Crippen LogP contribution in [0, 0.1) is 11.4 Å². The van der Waals surface area contributed by atoms with Crippen LogP contribution in [0.1, 0.15) is 11.1 Å². The summed E-state index contributed by atoms with van der Waals surface area (Å²) >= 11 is 0. The van der Waals surface area contributed by atoms with Gasteiger partial charge < -0.3 is 19.9 Å². The number of benzene rings is 1. The van der Waals surface area contributed by atoms with E-state index < -0.39 is 12.0 Å². The fraction of sp³-hybridized carbons (Fsp3) is 0.0400. The Morgan fingerprint density at radius 1 is 1.06 bits per heavy atom. The van der Waals surface area contributed by atoms with E-state index in [0.717, 1.165) is 11.1 Å². The van der Waals surface area contributed by atoms with Gasteiger partial charge in [0.05, 0.1) is 12.8 Å². The first-order valence-corrected chi connectivity index (χ1v) is 10.2. The molecule has 0 atom stereocenters. The van der Waals surface area contributed by atoms with Crippen molar-refractivity contribution in [3.63, 3.8) is 0 Å². The Kier molecular flexibility index (Phi) is 5.35. The highest BCUT2D eigenvalue weighted by molar-refractivity contribution is 5.92. The lowest BCUT2D eigenvalue weighted by Gasteiger charge is -2.25. The molecule has 0 radical (unpaired) electrons. The average molecular weight is 455 g/mol. The first kappa shape index (κ1) is 21.1. The Hall–Kier alpha value is -4.79. The predicted octanol–water partition coefficient (Wildman–Crippen LogP) is 4.76. The third kappa shape index (κ3) is 3.90. The fourth-order valence-corrected chi connectivity index (χ4v) is 3.70. The topological polar surface area (TPSA) is 116 Å². The fourth-order valence-electron chi connectivity index (χ4n) is 3.70. The second kappa shape index (κ2) is 8.62. The molecule has 4 heterocycles. The van der Waals surface area contributed by atoms with Crippen molar-refractivity contribution in [1.82, 2.24) is 15.0 Å². The Morgan fingerprint density at radius 3 is 2.68 bits per heavy atom. The van der Waals surface area contributed by atoms with Crippen LogP contribution in [0.25, 0.3) is 28.0 Å². The second-order valence-corrected chi connectivity index (χ2v) is 7.33. The van der Waals surface area contributed by atoms with Crippen LogP contribution < -0.4 is 15.2 Å². The summed E-state index contributed by atoms with van der Waals surface area (Å²) in [7, 11) is 1.47. The van der Waals surface area contributed by atoms with Gasteiger partial charge in [0.25, 0.3) is 11.9 Å². The Balaban J connectivity index is 1.72. The van der Waals surface area contributed by atoms with Gasteiger partial charge in [-0.3, -0.25) is 10.4 Å². The zero-order chi connectivity index (χ0) is 23.7. The molecule has 0 spiro atoms.